The lowest BCUT2D eigenvalue weighted by Crippen LogP contribution is -2.48. The predicted molar refractivity (Wildman–Crippen MR) is 141 cm³/mol. The number of rotatable bonds is 6. The molecule has 178 valence electrons. The zero-order chi connectivity index (χ0) is 24.2. The Balaban J connectivity index is 1.40. The van der Waals surface area contributed by atoms with Crippen LogP contribution in [0.1, 0.15) is 28.4 Å². The van der Waals surface area contributed by atoms with Crippen LogP contribution in [0, 0.1) is 6.92 Å². The van der Waals surface area contributed by atoms with Gasteiger partial charge in [-0.15, -0.1) is 0 Å². The molecule has 5 rings (SSSR count). The van der Waals surface area contributed by atoms with E-state index in [0.29, 0.717) is 6.61 Å². The first kappa shape index (κ1) is 23.1. The molecule has 0 N–H and O–H groups in total. The van der Waals surface area contributed by atoms with Gasteiger partial charge in [0.05, 0.1) is 23.4 Å². The molecule has 35 heavy (non-hydrogen) atoms. The summed E-state index contributed by atoms with van der Waals surface area (Å²) in [5.41, 5.74) is 5.76. The highest BCUT2D eigenvalue weighted by atomic mass is 16.5. The average Bonchev–Trinajstić information content (AvgIpc) is 2.89. The Hall–Kier alpha value is -3.70. The van der Waals surface area contributed by atoms with Crippen LogP contribution in [-0.4, -0.2) is 53.5 Å². The third-order valence-corrected chi connectivity index (χ3v) is 6.56. The summed E-state index contributed by atoms with van der Waals surface area (Å²) in [7, 11) is 0. The van der Waals surface area contributed by atoms with Crippen molar-refractivity contribution in [1.29, 1.82) is 0 Å². The number of hydrogen-bond acceptors (Lipinski definition) is 4. The van der Waals surface area contributed by atoms with Gasteiger partial charge >= 0.3 is 0 Å². The monoisotopic (exact) mass is 465 g/mol. The van der Waals surface area contributed by atoms with E-state index in [1.54, 1.807) is 0 Å². The molecule has 0 unspecified atom stereocenters. The van der Waals surface area contributed by atoms with Crippen molar-refractivity contribution in [3.63, 3.8) is 0 Å². The largest absolute Gasteiger partial charge is 0.494 e. The Bertz CT molecular complexity index is 1310. The summed E-state index contributed by atoms with van der Waals surface area (Å²) >= 11 is 0. The molecule has 0 saturated carbocycles. The first-order valence-electron chi connectivity index (χ1n) is 12.3. The number of nitrogens with zero attached hydrogens (tertiary/aromatic N) is 3. The van der Waals surface area contributed by atoms with Crippen molar-refractivity contribution in [1.82, 2.24) is 14.8 Å². The van der Waals surface area contributed by atoms with Gasteiger partial charge in [0.2, 0.25) is 0 Å². The summed E-state index contributed by atoms with van der Waals surface area (Å²) in [4.78, 5) is 23.1. The molecule has 1 fully saturated rings. The first-order valence-corrected chi connectivity index (χ1v) is 12.3. The Morgan fingerprint density at radius 3 is 2.37 bits per heavy atom. The Morgan fingerprint density at radius 2 is 1.66 bits per heavy atom. The number of carbonyl (C=O) groups is 1. The Kier molecular flexibility index (Phi) is 6.77. The number of carbonyl (C=O) groups excluding carboxylic acids is 1. The molecule has 2 heterocycles. The Morgan fingerprint density at radius 1 is 0.914 bits per heavy atom. The van der Waals surface area contributed by atoms with E-state index in [2.05, 4.69) is 42.2 Å². The standard InChI is InChI=1S/C30H31N3O2/c1-3-35-25-12-10-24(11-13-25)29-20-27(26-19-22(2)9-14-28(26)31-29)30(34)33-17-15-32(16-18-33)21-23-7-5-4-6-8-23/h4-14,19-20H,3,15-18,21H2,1-2H3. The molecule has 0 bridgehead atoms. The van der Waals surface area contributed by atoms with Crippen molar-refractivity contribution in [2.45, 2.75) is 20.4 Å². The minimum atomic E-state index is 0.0783. The molecule has 1 saturated heterocycles. The summed E-state index contributed by atoms with van der Waals surface area (Å²) in [5.74, 6) is 0.909. The van der Waals surface area contributed by atoms with Gasteiger partial charge in [0.25, 0.3) is 5.91 Å². The van der Waals surface area contributed by atoms with Crippen molar-refractivity contribution in [3.8, 4) is 17.0 Å². The van der Waals surface area contributed by atoms with Crippen LogP contribution in [0.3, 0.4) is 0 Å². The third kappa shape index (κ3) is 5.20. The van der Waals surface area contributed by atoms with Crippen LogP contribution in [-0.2, 0) is 6.54 Å². The topological polar surface area (TPSA) is 45.7 Å². The molecule has 0 spiro atoms. The number of hydrogen-bond donors (Lipinski definition) is 0. The van der Waals surface area contributed by atoms with Crippen LogP contribution in [0.15, 0.2) is 78.9 Å². The lowest BCUT2D eigenvalue weighted by atomic mass is 10.0. The fourth-order valence-electron chi connectivity index (χ4n) is 4.67. The van der Waals surface area contributed by atoms with E-state index in [1.807, 2.05) is 60.4 Å². The number of amides is 1. The van der Waals surface area contributed by atoms with Gasteiger partial charge in [0.15, 0.2) is 0 Å². The van der Waals surface area contributed by atoms with Crippen LogP contribution in [0.25, 0.3) is 22.2 Å². The minimum absolute atomic E-state index is 0.0783. The molecule has 4 aromatic rings. The van der Waals surface area contributed by atoms with Crippen molar-refractivity contribution >= 4 is 16.8 Å². The smallest absolute Gasteiger partial charge is 0.254 e. The molecule has 1 aromatic heterocycles. The number of aromatic nitrogens is 1. The normalized spacial score (nSPS) is 14.3. The van der Waals surface area contributed by atoms with Crippen LogP contribution in [0.2, 0.25) is 0 Å². The maximum Gasteiger partial charge on any atom is 0.254 e. The third-order valence-electron chi connectivity index (χ3n) is 6.56. The molecule has 0 radical (unpaired) electrons. The second kappa shape index (κ2) is 10.3. The number of fused-ring (bicyclic) bond motifs is 1. The summed E-state index contributed by atoms with van der Waals surface area (Å²) < 4.78 is 5.58. The molecule has 5 heteroatoms. The number of aryl methyl sites for hydroxylation is 1. The van der Waals surface area contributed by atoms with Crippen molar-refractivity contribution in [2.75, 3.05) is 32.8 Å². The van der Waals surface area contributed by atoms with Gasteiger partial charge in [-0.1, -0.05) is 42.0 Å². The van der Waals surface area contributed by atoms with E-state index < -0.39 is 0 Å². The second-order valence-electron chi connectivity index (χ2n) is 9.09. The quantitative estimate of drug-likeness (QED) is 0.374. The molecule has 5 nitrogen and oxygen atoms in total. The van der Waals surface area contributed by atoms with E-state index in [0.717, 1.165) is 71.8 Å². The van der Waals surface area contributed by atoms with Gasteiger partial charge in [-0.25, -0.2) is 4.98 Å². The summed E-state index contributed by atoms with van der Waals surface area (Å²) in [6.07, 6.45) is 0. The molecular formula is C30H31N3O2. The number of pyridine rings is 1. The van der Waals surface area contributed by atoms with Crippen molar-refractivity contribution in [3.05, 3.63) is 95.6 Å². The highest BCUT2D eigenvalue weighted by Crippen LogP contribution is 2.28. The summed E-state index contributed by atoms with van der Waals surface area (Å²) in [5, 5.41) is 0.913. The van der Waals surface area contributed by atoms with Gasteiger partial charge < -0.3 is 9.64 Å². The van der Waals surface area contributed by atoms with Gasteiger partial charge in [-0.05, 0) is 61.9 Å². The van der Waals surface area contributed by atoms with Crippen LogP contribution >= 0.6 is 0 Å². The van der Waals surface area contributed by atoms with E-state index in [9.17, 15) is 4.79 Å². The predicted octanol–water partition coefficient (Wildman–Crippen LogP) is 5.57. The van der Waals surface area contributed by atoms with Crippen LogP contribution in [0.5, 0.6) is 5.75 Å². The van der Waals surface area contributed by atoms with E-state index in [4.69, 9.17) is 9.72 Å². The summed E-state index contributed by atoms with van der Waals surface area (Å²) in [6, 6.07) is 26.5. The SMILES string of the molecule is CCOc1ccc(-c2cc(C(=O)N3CCN(Cc4ccccc4)CC3)c3cc(C)ccc3n2)cc1. The fraction of sp³-hybridized carbons (Fsp3) is 0.267. The first-order chi connectivity index (χ1) is 17.1. The lowest BCUT2D eigenvalue weighted by Gasteiger charge is -2.35. The van der Waals surface area contributed by atoms with Crippen LogP contribution in [0.4, 0.5) is 0 Å². The molecule has 3 aromatic carbocycles. The fourth-order valence-corrected chi connectivity index (χ4v) is 4.67. The molecular weight excluding hydrogens is 434 g/mol. The van der Waals surface area contributed by atoms with Gasteiger partial charge in [-0.2, -0.15) is 0 Å². The maximum absolute atomic E-state index is 13.8. The molecule has 1 aliphatic rings. The summed E-state index contributed by atoms with van der Waals surface area (Å²) in [6.45, 7) is 8.76. The zero-order valence-corrected chi connectivity index (χ0v) is 20.4. The lowest BCUT2D eigenvalue weighted by molar-refractivity contribution is 0.0630. The molecule has 0 aliphatic carbocycles. The van der Waals surface area contributed by atoms with Crippen molar-refractivity contribution < 1.29 is 9.53 Å². The zero-order valence-electron chi connectivity index (χ0n) is 20.4. The van der Waals surface area contributed by atoms with E-state index >= 15 is 0 Å². The number of ether oxygens (including phenoxy) is 1. The average molecular weight is 466 g/mol. The Labute approximate surface area is 207 Å². The van der Waals surface area contributed by atoms with Crippen molar-refractivity contribution in [2.24, 2.45) is 0 Å². The highest BCUT2D eigenvalue weighted by molar-refractivity contribution is 6.07. The number of benzene rings is 3. The van der Waals surface area contributed by atoms with Gasteiger partial charge in [-0.3, -0.25) is 9.69 Å². The molecule has 0 atom stereocenters. The maximum atomic E-state index is 13.8. The molecule has 1 aliphatic heterocycles. The van der Waals surface area contributed by atoms with E-state index in [1.165, 1.54) is 5.56 Å². The second-order valence-corrected chi connectivity index (χ2v) is 9.09. The highest BCUT2D eigenvalue weighted by Gasteiger charge is 2.24. The minimum Gasteiger partial charge on any atom is -0.494 e. The van der Waals surface area contributed by atoms with Gasteiger partial charge in [0.1, 0.15) is 5.75 Å². The van der Waals surface area contributed by atoms with E-state index in [-0.39, 0.29) is 5.91 Å². The van der Waals surface area contributed by atoms with Crippen LogP contribution < -0.4 is 4.74 Å². The number of piperazine rings is 1. The van der Waals surface area contributed by atoms with Gasteiger partial charge in [0, 0.05) is 43.7 Å². The molecule has 1 amide bonds.